The number of piperidine rings is 1. The summed E-state index contributed by atoms with van der Waals surface area (Å²) in [5, 5.41) is 0. The molecule has 2 aliphatic rings. The minimum Gasteiger partial charge on any atom is -0.341 e. The fourth-order valence-corrected chi connectivity index (χ4v) is 5.68. The first-order chi connectivity index (χ1) is 11.9. The van der Waals surface area contributed by atoms with Crippen molar-refractivity contribution >= 4 is 15.9 Å². The summed E-state index contributed by atoms with van der Waals surface area (Å²) in [7, 11) is -3.49. The Morgan fingerprint density at radius 2 is 1.80 bits per heavy atom. The Hall–Kier alpha value is -1.40. The highest BCUT2D eigenvalue weighted by Crippen LogP contribution is 2.27. The Morgan fingerprint density at radius 1 is 1.12 bits per heavy atom. The van der Waals surface area contributed by atoms with Crippen LogP contribution >= 0.6 is 0 Å². The first kappa shape index (κ1) is 18.4. The highest BCUT2D eigenvalue weighted by Gasteiger charge is 2.40. The molecule has 0 aromatic heterocycles. The van der Waals surface area contributed by atoms with Crippen molar-refractivity contribution < 1.29 is 13.2 Å². The molecule has 2 heterocycles. The topological polar surface area (TPSA) is 57.7 Å². The van der Waals surface area contributed by atoms with Gasteiger partial charge in [0.1, 0.15) is 6.04 Å². The van der Waals surface area contributed by atoms with Gasteiger partial charge < -0.3 is 4.90 Å². The summed E-state index contributed by atoms with van der Waals surface area (Å²) in [5.74, 6) is 0.617. The van der Waals surface area contributed by atoms with E-state index in [0.717, 1.165) is 43.5 Å². The SMILES string of the molecule is Cc1ccccc1CS(=O)(=O)N1CCC[C@H]1C(=O)N1CCC(C)CC1. The van der Waals surface area contributed by atoms with Crippen molar-refractivity contribution in [2.45, 2.75) is 51.3 Å². The summed E-state index contributed by atoms with van der Waals surface area (Å²) < 4.78 is 27.4. The fraction of sp³-hybridized carbons (Fsp3) is 0.632. The second-order valence-corrected chi connectivity index (χ2v) is 9.38. The van der Waals surface area contributed by atoms with E-state index in [1.807, 2.05) is 36.1 Å². The molecular weight excluding hydrogens is 336 g/mol. The van der Waals surface area contributed by atoms with Crippen LogP contribution in [-0.4, -0.2) is 49.2 Å². The van der Waals surface area contributed by atoms with E-state index in [-0.39, 0.29) is 11.7 Å². The highest BCUT2D eigenvalue weighted by atomic mass is 32.2. The van der Waals surface area contributed by atoms with Gasteiger partial charge in [-0.15, -0.1) is 0 Å². The molecule has 6 heteroatoms. The van der Waals surface area contributed by atoms with Crippen molar-refractivity contribution in [3.63, 3.8) is 0 Å². The lowest BCUT2D eigenvalue weighted by molar-refractivity contribution is -0.135. The molecule has 5 nitrogen and oxygen atoms in total. The van der Waals surface area contributed by atoms with Crippen molar-refractivity contribution in [3.05, 3.63) is 35.4 Å². The third-order valence-corrected chi connectivity index (χ3v) is 7.37. The van der Waals surface area contributed by atoms with Crippen molar-refractivity contribution in [1.82, 2.24) is 9.21 Å². The number of carbonyl (C=O) groups excluding carboxylic acids is 1. The quantitative estimate of drug-likeness (QED) is 0.825. The predicted molar refractivity (Wildman–Crippen MR) is 98.5 cm³/mol. The molecule has 1 aromatic rings. The minimum atomic E-state index is -3.49. The lowest BCUT2D eigenvalue weighted by Crippen LogP contribution is -2.50. The number of hydrogen-bond donors (Lipinski definition) is 0. The first-order valence-corrected chi connectivity index (χ1v) is 10.8. The monoisotopic (exact) mass is 364 g/mol. The number of aryl methyl sites for hydroxylation is 1. The lowest BCUT2D eigenvalue weighted by atomic mass is 9.98. The van der Waals surface area contributed by atoms with Crippen LogP contribution in [0.5, 0.6) is 0 Å². The van der Waals surface area contributed by atoms with Crippen LogP contribution in [0.3, 0.4) is 0 Å². The lowest BCUT2D eigenvalue weighted by Gasteiger charge is -2.34. The van der Waals surface area contributed by atoms with Crippen molar-refractivity contribution in [2.75, 3.05) is 19.6 Å². The number of carbonyl (C=O) groups is 1. The summed E-state index contributed by atoms with van der Waals surface area (Å²) in [6, 6.07) is 7.03. The van der Waals surface area contributed by atoms with Gasteiger partial charge in [-0.3, -0.25) is 4.79 Å². The largest absolute Gasteiger partial charge is 0.341 e. The van der Waals surface area contributed by atoms with Gasteiger partial charge in [-0.1, -0.05) is 31.2 Å². The Morgan fingerprint density at radius 3 is 2.48 bits per heavy atom. The molecular formula is C19H28N2O3S. The van der Waals surface area contributed by atoms with Gasteiger partial charge in [0, 0.05) is 19.6 Å². The Labute approximate surface area is 151 Å². The molecule has 0 spiro atoms. The molecule has 1 aromatic carbocycles. The summed E-state index contributed by atoms with van der Waals surface area (Å²) in [4.78, 5) is 14.8. The zero-order valence-corrected chi connectivity index (χ0v) is 16.0. The molecule has 25 heavy (non-hydrogen) atoms. The second kappa shape index (κ2) is 7.46. The van der Waals surface area contributed by atoms with Gasteiger partial charge in [0.05, 0.1) is 5.75 Å². The van der Waals surface area contributed by atoms with Gasteiger partial charge in [-0.2, -0.15) is 4.31 Å². The molecule has 138 valence electrons. The van der Waals surface area contributed by atoms with Crippen LogP contribution < -0.4 is 0 Å². The molecule has 1 atom stereocenters. The molecule has 3 rings (SSSR count). The molecule has 2 aliphatic heterocycles. The normalized spacial score (nSPS) is 23.1. The van der Waals surface area contributed by atoms with E-state index in [4.69, 9.17) is 0 Å². The van der Waals surface area contributed by atoms with Crippen LogP contribution in [0.15, 0.2) is 24.3 Å². The molecule has 0 aliphatic carbocycles. The zero-order chi connectivity index (χ0) is 18.0. The van der Waals surface area contributed by atoms with E-state index < -0.39 is 16.1 Å². The number of rotatable bonds is 4. The maximum absolute atomic E-state index is 13.0. The van der Waals surface area contributed by atoms with Gasteiger partial charge in [-0.05, 0) is 49.7 Å². The van der Waals surface area contributed by atoms with Gasteiger partial charge in [-0.25, -0.2) is 8.42 Å². The Balaban J connectivity index is 1.74. The average molecular weight is 365 g/mol. The first-order valence-electron chi connectivity index (χ1n) is 9.21. The number of sulfonamides is 1. The smallest absolute Gasteiger partial charge is 0.241 e. The molecule has 0 saturated carbocycles. The van der Waals surface area contributed by atoms with Crippen LogP contribution in [0.4, 0.5) is 0 Å². The van der Waals surface area contributed by atoms with E-state index in [1.54, 1.807) is 0 Å². The maximum atomic E-state index is 13.0. The van der Waals surface area contributed by atoms with Crippen molar-refractivity contribution in [3.8, 4) is 0 Å². The number of hydrogen-bond acceptors (Lipinski definition) is 3. The van der Waals surface area contributed by atoms with Crippen LogP contribution in [0.25, 0.3) is 0 Å². The van der Waals surface area contributed by atoms with E-state index in [1.165, 1.54) is 4.31 Å². The third kappa shape index (κ3) is 4.06. The molecule has 2 saturated heterocycles. The summed E-state index contributed by atoms with van der Waals surface area (Å²) in [6.07, 6.45) is 3.41. The summed E-state index contributed by atoms with van der Waals surface area (Å²) in [6.45, 7) is 6.09. The molecule has 0 radical (unpaired) electrons. The van der Waals surface area contributed by atoms with Gasteiger partial charge in [0.25, 0.3) is 0 Å². The third-order valence-electron chi connectivity index (χ3n) is 5.54. The number of likely N-dealkylation sites (tertiary alicyclic amines) is 1. The number of nitrogens with zero attached hydrogens (tertiary/aromatic N) is 2. The van der Waals surface area contributed by atoms with E-state index in [9.17, 15) is 13.2 Å². The second-order valence-electron chi connectivity index (χ2n) is 7.46. The van der Waals surface area contributed by atoms with Crippen LogP contribution in [0, 0.1) is 12.8 Å². The van der Waals surface area contributed by atoms with E-state index in [2.05, 4.69) is 6.92 Å². The van der Waals surface area contributed by atoms with E-state index >= 15 is 0 Å². The van der Waals surface area contributed by atoms with Gasteiger partial charge in [0.2, 0.25) is 15.9 Å². The summed E-state index contributed by atoms with van der Waals surface area (Å²) >= 11 is 0. The molecule has 0 N–H and O–H groups in total. The molecule has 1 amide bonds. The van der Waals surface area contributed by atoms with Crippen molar-refractivity contribution in [2.24, 2.45) is 5.92 Å². The zero-order valence-electron chi connectivity index (χ0n) is 15.1. The average Bonchev–Trinajstić information content (AvgIpc) is 3.07. The van der Waals surface area contributed by atoms with Crippen LogP contribution in [0.2, 0.25) is 0 Å². The molecule has 2 fully saturated rings. The Bertz CT molecular complexity index is 724. The number of amides is 1. The fourth-order valence-electron chi connectivity index (χ4n) is 3.81. The van der Waals surface area contributed by atoms with Gasteiger partial charge in [0.15, 0.2) is 0 Å². The maximum Gasteiger partial charge on any atom is 0.241 e. The van der Waals surface area contributed by atoms with Crippen molar-refractivity contribution in [1.29, 1.82) is 0 Å². The van der Waals surface area contributed by atoms with Crippen LogP contribution in [-0.2, 0) is 20.6 Å². The molecule has 0 unspecified atom stereocenters. The standard InChI is InChI=1S/C19H28N2O3S/c1-15-9-12-20(13-10-15)19(22)18-8-5-11-21(18)25(23,24)14-17-7-4-3-6-16(17)2/h3-4,6-7,15,18H,5,8-14H2,1-2H3/t18-/m0/s1. The van der Waals surface area contributed by atoms with E-state index in [0.29, 0.717) is 18.9 Å². The molecule has 0 bridgehead atoms. The summed E-state index contributed by atoms with van der Waals surface area (Å²) in [5.41, 5.74) is 1.78. The highest BCUT2D eigenvalue weighted by molar-refractivity contribution is 7.88. The Kier molecular flexibility index (Phi) is 5.49. The van der Waals surface area contributed by atoms with Gasteiger partial charge >= 0.3 is 0 Å². The van der Waals surface area contributed by atoms with Crippen LogP contribution in [0.1, 0.15) is 43.7 Å². The number of benzene rings is 1. The predicted octanol–water partition coefficient (Wildman–Crippen LogP) is 2.55. The minimum absolute atomic E-state index is 0.00208.